The predicted octanol–water partition coefficient (Wildman–Crippen LogP) is 18.1. The molecule has 0 unspecified atom stereocenters. The molecule has 2 aliphatic heterocycles. The zero-order valence-electron chi connectivity index (χ0n) is 38.8. The van der Waals surface area contributed by atoms with Crippen LogP contribution < -0.4 is 14.4 Å². The molecule has 0 atom stereocenters. The summed E-state index contributed by atoms with van der Waals surface area (Å²) in [5, 5.41) is 2.60. The maximum Gasteiger partial charge on any atom is 0.132 e. The minimum atomic E-state index is -0.627. The highest BCUT2D eigenvalue weighted by Crippen LogP contribution is 2.66. The van der Waals surface area contributed by atoms with E-state index in [9.17, 15) is 0 Å². The summed E-state index contributed by atoms with van der Waals surface area (Å²) in [4.78, 5) is 2.51. The van der Waals surface area contributed by atoms with Crippen LogP contribution in [0.4, 0.5) is 17.1 Å². The Labute approximate surface area is 421 Å². The van der Waals surface area contributed by atoms with Gasteiger partial charge in [-0.2, -0.15) is 0 Å². The monoisotopic (exact) mass is 935 g/mol. The number of rotatable bonds is 4. The van der Waals surface area contributed by atoms with Gasteiger partial charge in [0.05, 0.1) is 16.5 Å². The number of ether oxygens (including phenoxy) is 2. The van der Waals surface area contributed by atoms with Crippen LogP contribution in [0.3, 0.4) is 0 Å². The summed E-state index contributed by atoms with van der Waals surface area (Å²) in [7, 11) is 0. The maximum atomic E-state index is 6.77. The van der Waals surface area contributed by atoms with E-state index in [0.29, 0.717) is 0 Å². The van der Waals surface area contributed by atoms with Gasteiger partial charge in [0, 0.05) is 59.4 Å². The Morgan fingerprint density at radius 3 is 1.43 bits per heavy atom. The van der Waals surface area contributed by atoms with E-state index < -0.39 is 10.8 Å². The van der Waals surface area contributed by atoms with E-state index in [0.717, 1.165) is 62.3 Å². The van der Waals surface area contributed by atoms with Gasteiger partial charge >= 0.3 is 0 Å². The highest BCUT2D eigenvalue weighted by atomic mass is 32.1. The molecule has 11 aromatic carbocycles. The van der Waals surface area contributed by atoms with Gasteiger partial charge < -0.3 is 14.4 Å². The summed E-state index contributed by atoms with van der Waals surface area (Å²) in [5.41, 5.74) is 18.8. The molecule has 16 rings (SSSR count). The highest BCUT2D eigenvalue weighted by Gasteiger charge is 2.53. The third-order valence-electron chi connectivity index (χ3n) is 16.0. The summed E-state index contributed by atoms with van der Waals surface area (Å²) >= 11 is 1.86. The Morgan fingerprint density at radius 2 is 0.778 bits per heavy atom. The smallest absolute Gasteiger partial charge is 0.132 e. The molecule has 4 heteroatoms. The van der Waals surface area contributed by atoms with Crippen LogP contribution in [-0.2, 0) is 10.8 Å². The number of hydrogen-bond acceptors (Lipinski definition) is 4. The number of fused-ring (bicyclic) bond motifs is 21. The molecule has 1 aromatic heterocycles. The molecule has 0 N–H and O–H groups in total. The highest BCUT2D eigenvalue weighted by molar-refractivity contribution is 7.25. The first-order valence-corrected chi connectivity index (χ1v) is 25.5. The fourth-order valence-electron chi connectivity index (χ4n) is 13.2. The molecule has 0 bridgehead atoms. The van der Waals surface area contributed by atoms with Crippen LogP contribution in [-0.4, -0.2) is 0 Å². The molecule has 2 spiro atoms. The van der Waals surface area contributed by atoms with Crippen molar-refractivity contribution in [1.29, 1.82) is 0 Å². The van der Waals surface area contributed by atoms with Crippen LogP contribution in [0.5, 0.6) is 23.0 Å². The zero-order valence-corrected chi connectivity index (χ0v) is 39.7. The molecule has 0 amide bonds. The van der Waals surface area contributed by atoms with Gasteiger partial charge in [-0.3, -0.25) is 0 Å². The van der Waals surface area contributed by atoms with Crippen molar-refractivity contribution in [1.82, 2.24) is 0 Å². The molecular formula is C68H41NO2S. The molecule has 0 saturated carbocycles. The van der Waals surface area contributed by atoms with Gasteiger partial charge in [0.1, 0.15) is 23.0 Å². The second-order valence-corrected chi connectivity index (χ2v) is 20.5. The molecule has 2 aliphatic carbocycles. The van der Waals surface area contributed by atoms with E-state index in [1.54, 1.807) is 0 Å². The first-order valence-electron chi connectivity index (χ1n) is 24.7. The molecule has 0 radical (unpaired) electrons. The number of benzene rings is 11. The van der Waals surface area contributed by atoms with E-state index in [1.807, 2.05) is 11.3 Å². The topological polar surface area (TPSA) is 21.7 Å². The first kappa shape index (κ1) is 39.8. The van der Waals surface area contributed by atoms with Crippen LogP contribution in [0.1, 0.15) is 44.5 Å². The lowest BCUT2D eigenvalue weighted by molar-refractivity contribution is 0.436. The Morgan fingerprint density at radius 1 is 0.306 bits per heavy atom. The van der Waals surface area contributed by atoms with Crippen molar-refractivity contribution in [3.05, 3.63) is 293 Å². The summed E-state index contributed by atoms with van der Waals surface area (Å²) < 4.78 is 16.1. The van der Waals surface area contributed by atoms with Crippen molar-refractivity contribution >= 4 is 48.6 Å². The molecular weight excluding hydrogens is 895 g/mol. The van der Waals surface area contributed by atoms with Crippen LogP contribution in [0.2, 0.25) is 0 Å². The van der Waals surface area contributed by atoms with Crippen molar-refractivity contribution in [2.24, 2.45) is 0 Å². The quantitative estimate of drug-likeness (QED) is 0.176. The lowest BCUT2D eigenvalue weighted by Crippen LogP contribution is -2.32. The zero-order chi connectivity index (χ0) is 47.1. The molecule has 0 saturated heterocycles. The summed E-state index contributed by atoms with van der Waals surface area (Å²) in [6.45, 7) is 0. The number of para-hydroxylation sites is 4. The first-order chi connectivity index (χ1) is 35.7. The number of nitrogens with zero attached hydrogens (tertiary/aromatic N) is 1. The minimum Gasteiger partial charge on any atom is -0.457 e. The predicted molar refractivity (Wildman–Crippen MR) is 294 cm³/mol. The molecule has 336 valence electrons. The third kappa shape index (κ3) is 5.18. The lowest BCUT2D eigenvalue weighted by atomic mass is 9.66. The van der Waals surface area contributed by atoms with E-state index in [-0.39, 0.29) is 0 Å². The van der Waals surface area contributed by atoms with Gasteiger partial charge in [0.2, 0.25) is 0 Å². The van der Waals surface area contributed by atoms with Crippen molar-refractivity contribution in [3.8, 4) is 56.4 Å². The van der Waals surface area contributed by atoms with Gasteiger partial charge in [-0.15, -0.1) is 11.3 Å². The lowest BCUT2D eigenvalue weighted by Gasteiger charge is -2.40. The van der Waals surface area contributed by atoms with Gasteiger partial charge in [0.15, 0.2) is 0 Å². The van der Waals surface area contributed by atoms with Crippen molar-refractivity contribution < 1.29 is 9.47 Å². The van der Waals surface area contributed by atoms with Gasteiger partial charge in [0.25, 0.3) is 0 Å². The van der Waals surface area contributed by atoms with Gasteiger partial charge in [-0.05, 0) is 123 Å². The van der Waals surface area contributed by atoms with Crippen LogP contribution in [0.25, 0.3) is 53.6 Å². The van der Waals surface area contributed by atoms with Gasteiger partial charge in [-0.1, -0.05) is 176 Å². The van der Waals surface area contributed by atoms with Crippen molar-refractivity contribution in [2.75, 3.05) is 4.90 Å². The Kier molecular flexibility index (Phi) is 8.18. The standard InChI is InChI=1S/C68H41NO2S/c1-4-19-51-46(16-1)47-38-37-45(41-58(47)68(51)55-23-8-12-29-62(55)71-63-30-13-9-24-56(63)68)69(44-35-32-42(33-36-44)43-34-39-65-50(40-43)48-17-3-14-31-64(48)72-65)59-26-15-25-57-66(59)49-18-2-5-20-52(49)67(57)53-21-6-10-27-60(53)70-61-28-11-7-22-54(61)67/h1-41H. The Bertz CT molecular complexity index is 4170. The Hall–Kier alpha value is -8.96. The SMILES string of the molecule is c1ccc2c(c1)Oc1ccccc1C21c2ccccc2-c2ccc(N(c3ccc(-c4ccc5sc6ccccc6c5c4)cc3)c3cccc4c3-c3ccccc3C43c4ccccc4Oc4ccccc43)cc21. The van der Waals surface area contributed by atoms with E-state index in [2.05, 4.69) is 254 Å². The van der Waals surface area contributed by atoms with E-state index >= 15 is 0 Å². The normalized spacial score (nSPS) is 14.3. The van der Waals surface area contributed by atoms with E-state index in [4.69, 9.17) is 9.47 Å². The second-order valence-electron chi connectivity index (χ2n) is 19.4. The molecule has 12 aromatic rings. The average molecular weight is 936 g/mol. The average Bonchev–Trinajstić information content (AvgIpc) is 4.06. The summed E-state index contributed by atoms with van der Waals surface area (Å²) in [5.74, 6) is 3.52. The third-order valence-corrected chi connectivity index (χ3v) is 17.2. The van der Waals surface area contributed by atoms with Crippen LogP contribution in [0, 0.1) is 0 Å². The Balaban J connectivity index is 0.963. The number of hydrogen-bond donors (Lipinski definition) is 0. The number of thiophene rings is 1. The maximum absolute atomic E-state index is 6.77. The minimum absolute atomic E-state index is 0.619. The molecule has 72 heavy (non-hydrogen) atoms. The van der Waals surface area contributed by atoms with Crippen LogP contribution in [0.15, 0.2) is 249 Å². The van der Waals surface area contributed by atoms with Crippen LogP contribution >= 0.6 is 11.3 Å². The van der Waals surface area contributed by atoms with Gasteiger partial charge in [-0.25, -0.2) is 0 Å². The van der Waals surface area contributed by atoms with Crippen molar-refractivity contribution in [2.45, 2.75) is 10.8 Å². The fraction of sp³-hybridized carbons (Fsp3) is 0.0294. The van der Waals surface area contributed by atoms with Crippen molar-refractivity contribution in [3.63, 3.8) is 0 Å². The molecule has 0 fully saturated rings. The summed E-state index contributed by atoms with van der Waals surface area (Å²) in [6, 6.07) is 91.5. The fourth-order valence-corrected chi connectivity index (χ4v) is 14.3. The largest absolute Gasteiger partial charge is 0.457 e. The number of anilines is 3. The molecule has 3 heterocycles. The molecule has 4 aliphatic rings. The molecule has 3 nitrogen and oxygen atoms in total. The second kappa shape index (κ2) is 14.8. The van der Waals surface area contributed by atoms with E-state index in [1.165, 1.54) is 75.8 Å². The summed E-state index contributed by atoms with van der Waals surface area (Å²) in [6.07, 6.45) is 0.